The van der Waals surface area contributed by atoms with Gasteiger partial charge < -0.3 is 10.2 Å². The van der Waals surface area contributed by atoms with Crippen LogP contribution in [-0.4, -0.2) is 68.7 Å². The molecule has 1 N–H and O–H groups in total. The van der Waals surface area contributed by atoms with Gasteiger partial charge in [0.05, 0.1) is 5.75 Å². The molecular formula is C15H29N3O2S. The van der Waals surface area contributed by atoms with Crippen LogP contribution in [0.3, 0.4) is 0 Å². The first kappa shape index (κ1) is 15.7. The van der Waals surface area contributed by atoms with E-state index in [0.717, 1.165) is 45.3 Å². The SMILES string of the molecule is O=S(=O)(CC1CCCN1)N1CCC(CN2CCCC2)CC1. The minimum atomic E-state index is -3.06. The van der Waals surface area contributed by atoms with Crippen LogP contribution in [0.4, 0.5) is 0 Å². The van der Waals surface area contributed by atoms with Crippen molar-refractivity contribution in [3.05, 3.63) is 0 Å². The molecule has 3 saturated heterocycles. The van der Waals surface area contributed by atoms with E-state index >= 15 is 0 Å². The third kappa shape index (κ3) is 4.18. The van der Waals surface area contributed by atoms with E-state index in [0.29, 0.717) is 11.7 Å². The average molecular weight is 315 g/mol. The smallest absolute Gasteiger partial charge is 0.215 e. The minimum Gasteiger partial charge on any atom is -0.313 e. The Labute approximate surface area is 129 Å². The highest BCUT2D eigenvalue weighted by Gasteiger charge is 2.31. The number of rotatable bonds is 5. The van der Waals surface area contributed by atoms with Gasteiger partial charge >= 0.3 is 0 Å². The van der Waals surface area contributed by atoms with Crippen LogP contribution in [0.25, 0.3) is 0 Å². The maximum atomic E-state index is 12.5. The van der Waals surface area contributed by atoms with Gasteiger partial charge in [-0.25, -0.2) is 12.7 Å². The molecule has 0 radical (unpaired) electrons. The van der Waals surface area contributed by atoms with Crippen LogP contribution in [0.2, 0.25) is 0 Å². The molecule has 0 aromatic heterocycles. The second-order valence-electron chi connectivity index (χ2n) is 6.92. The van der Waals surface area contributed by atoms with Gasteiger partial charge in [-0.1, -0.05) is 0 Å². The Morgan fingerprint density at radius 1 is 0.952 bits per heavy atom. The maximum absolute atomic E-state index is 12.5. The van der Waals surface area contributed by atoms with Gasteiger partial charge in [0.15, 0.2) is 0 Å². The van der Waals surface area contributed by atoms with Gasteiger partial charge in [0.2, 0.25) is 10.0 Å². The molecule has 0 aliphatic carbocycles. The molecule has 0 aromatic carbocycles. The lowest BCUT2D eigenvalue weighted by molar-refractivity contribution is 0.205. The summed E-state index contributed by atoms with van der Waals surface area (Å²) in [7, 11) is -3.06. The van der Waals surface area contributed by atoms with Crippen molar-refractivity contribution in [1.82, 2.24) is 14.5 Å². The summed E-state index contributed by atoms with van der Waals surface area (Å²) in [5.41, 5.74) is 0. The zero-order valence-corrected chi connectivity index (χ0v) is 13.8. The topological polar surface area (TPSA) is 52.7 Å². The first-order valence-electron chi connectivity index (χ1n) is 8.57. The third-order valence-electron chi connectivity index (χ3n) is 5.26. The molecule has 3 aliphatic heterocycles. The molecule has 122 valence electrons. The van der Waals surface area contributed by atoms with Gasteiger partial charge in [0.1, 0.15) is 0 Å². The normalized spacial score (nSPS) is 30.2. The second kappa shape index (κ2) is 6.94. The van der Waals surface area contributed by atoms with Gasteiger partial charge in [0, 0.05) is 25.7 Å². The minimum absolute atomic E-state index is 0.178. The quantitative estimate of drug-likeness (QED) is 0.818. The summed E-state index contributed by atoms with van der Waals surface area (Å²) in [5, 5.41) is 3.30. The van der Waals surface area contributed by atoms with Crippen LogP contribution in [0.5, 0.6) is 0 Å². The predicted octanol–water partition coefficient (Wildman–Crippen LogP) is 0.876. The summed E-state index contributed by atoms with van der Waals surface area (Å²) in [6.45, 7) is 6.09. The van der Waals surface area contributed by atoms with Crippen molar-refractivity contribution in [3.63, 3.8) is 0 Å². The van der Waals surface area contributed by atoms with Crippen molar-refractivity contribution in [2.24, 2.45) is 5.92 Å². The number of hydrogen-bond donors (Lipinski definition) is 1. The maximum Gasteiger partial charge on any atom is 0.215 e. The highest BCUT2D eigenvalue weighted by Crippen LogP contribution is 2.23. The van der Waals surface area contributed by atoms with Crippen LogP contribution < -0.4 is 5.32 Å². The monoisotopic (exact) mass is 315 g/mol. The Morgan fingerprint density at radius 2 is 1.67 bits per heavy atom. The summed E-state index contributed by atoms with van der Waals surface area (Å²) in [5.74, 6) is 0.989. The van der Waals surface area contributed by atoms with Crippen LogP contribution in [0.1, 0.15) is 38.5 Å². The van der Waals surface area contributed by atoms with E-state index in [9.17, 15) is 8.42 Å². The summed E-state index contributed by atoms with van der Waals surface area (Å²) >= 11 is 0. The Kier molecular flexibility index (Phi) is 5.19. The first-order chi connectivity index (χ1) is 10.1. The van der Waals surface area contributed by atoms with E-state index in [1.165, 1.54) is 32.5 Å². The Morgan fingerprint density at radius 3 is 2.29 bits per heavy atom. The van der Waals surface area contributed by atoms with E-state index in [2.05, 4.69) is 10.2 Å². The van der Waals surface area contributed by atoms with Crippen LogP contribution in [-0.2, 0) is 10.0 Å². The van der Waals surface area contributed by atoms with E-state index in [4.69, 9.17) is 0 Å². The molecule has 3 fully saturated rings. The summed E-state index contributed by atoms with van der Waals surface area (Å²) in [6, 6.07) is 0.178. The Hall–Kier alpha value is -0.170. The highest BCUT2D eigenvalue weighted by atomic mass is 32.2. The second-order valence-corrected chi connectivity index (χ2v) is 8.94. The lowest BCUT2D eigenvalue weighted by atomic mass is 9.98. The lowest BCUT2D eigenvalue weighted by Crippen LogP contribution is -2.44. The number of likely N-dealkylation sites (tertiary alicyclic amines) is 1. The fraction of sp³-hybridized carbons (Fsp3) is 1.00. The molecule has 5 nitrogen and oxygen atoms in total. The van der Waals surface area contributed by atoms with Gasteiger partial charge in [-0.3, -0.25) is 0 Å². The summed E-state index contributed by atoms with van der Waals surface area (Å²) < 4.78 is 26.7. The van der Waals surface area contributed by atoms with Crippen molar-refractivity contribution in [3.8, 4) is 0 Å². The lowest BCUT2D eigenvalue weighted by Gasteiger charge is -2.33. The Balaban J connectivity index is 1.45. The predicted molar refractivity (Wildman–Crippen MR) is 84.8 cm³/mol. The number of hydrogen-bond acceptors (Lipinski definition) is 4. The van der Waals surface area contributed by atoms with Gasteiger partial charge in [0.25, 0.3) is 0 Å². The van der Waals surface area contributed by atoms with Crippen molar-refractivity contribution in [2.75, 3.05) is 45.0 Å². The molecule has 3 aliphatic rings. The van der Waals surface area contributed by atoms with Crippen molar-refractivity contribution in [1.29, 1.82) is 0 Å². The molecule has 3 rings (SSSR count). The molecule has 1 unspecified atom stereocenters. The summed E-state index contributed by atoms with van der Waals surface area (Å²) in [4.78, 5) is 2.55. The molecule has 0 aromatic rings. The molecule has 0 amide bonds. The fourth-order valence-corrected chi connectivity index (χ4v) is 5.73. The zero-order valence-electron chi connectivity index (χ0n) is 13.0. The first-order valence-corrected chi connectivity index (χ1v) is 10.2. The number of piperidine rings is 1. The van der Waals surface area contributed by atoms with Crippen molar-refractivity contribution < 1.29 is 8.42 Å². The van der Waals surface area contributed by atoms with Crippen LogP contribution >= 0.6 is 0 Å². The molecule has 0 bridgehead atoms. The van der Waals surface area contributed by atoms with Crippen molar-refractivity contribution >= 4 is 10.0 Å². The van der Waals surface area contributed by atoms with Crippen LogP contribution in [0, 0.1) is 5.92 Å². The molecule has 0 spiro atoms. The van der Waals surface area contributed by atoms with Crippen molar-refractivity contribution in [2.45, 2.75) is 44.6 Å². The number of sulfonamides is 1. The number of nitrogens with zero attached hydrogens (tertiary/aromatic N) is 2. The van der Waals surface area contributed by atoms with E-state index < -0.39 is 10.0 Å². The van der Waals surface area contributed by atoms with Crippen LogP contribution in [0.15, 0.2) is 0 Å². The zero-order chi connectivity index (χ0) is 14.7. The van der Waals surface area contributed by atoms with Gasteiger partial charge in [-0.05, 0) is 64.1 Å². The van der Waals surface area contributed by atoms with Gasteiger partial charge in [-0.2, -0.15) is 0 Å². The van der Waals surface area contributed by atoms with E-state index in [1.54, 1.807) is 4.31 Å². The molecule has 1 atom stereocenters. The molecular weight excluding hydrogens is 286 g/mol. The highest BCUT2D eigenvalue weighted by molar-refractivity contribution is 7.89. The molecule has 0 saturated carbocycles. The Bertz CT molecular complexity index is 420. The van der Waals surface area contributed by atoms with E-state index in [1.807, 2.05) is 0 Å². The van der Waals surface area contributed by atoms with Gasteiger partial charge in [-0.15, -0.1) is 0 Å². The standard InChI is InChI=1S/C15H29N3O2S/c19-21(20,13-15-4-3-7-16-15)18-10-5-14(6-11-18)12-17-8-1-2-9-17/h14-16H,1-13H2. The number of nitrogens with one attached hydrogen (secondary N) is 1. The summed E-state index contributed by atoms with van der Waals surface area (Å²) in [6.07, 6.45) is 6.85. The van der Waals surface area contributed by atoms with E-state index in [-0.39, 0.29) is 6.04 Å². The fourth-order valence-electron chi connectivity index (χ4n) is 3.96. The third-order valence-corrected chi connectivity index (χ3v) is 7.23. The molecule has 21 heavy (non-hydrogen) atoms. The largest absolute Gasteiger partial charge is 0.313 e. The molecule has 3 heterocycles. The molecule has 6 heteroatoms. The average Bonchev–Trinajstić information content (AvgIpc) is 3.13.